The van der Waals surface area contributed by atoms with Gasteiger partial charge in [-0.25, -0.2) is 4.79 Å². The van der Waals surface area contributed by atoms with Crippen LogP contribution >= 0.6 is 0 Å². The van der Waals surface area contributed by atoms with Crippen molar-refractivity contribution in [3.8, 4) is 5.75 Å². The third kappa shape index (κ3) is 3.83. The minimum absolute atomic E-state index is 0.267. The predicted molar refractivity (Wildman–Crippen MR) is 91.0 cm³/mol. The van der Waals surface area contributed by atoms with Crippen LogP contribution < -0.4 is 15.4 Å². The number of hydrogen-bond donors (Lipinski definition) is 2. The molecule has 0 spiro atoms. The Morgan fingerprint density at radius 2 is 2.04 bits per heavy atom. The van der Waals surface area contributed by atoms with E-state index in [2.05, 4.69) is 15.7 Å². The number of ether oxygens (including phenoxy) is 1. The number of anilines is 1. The fourth-order valence-electron chi connectivity index (χ4n) is 2.55. The van der Waals surface area contributed by atoms with Crippen LogP contribution in [0.15, 0.2) is 18.2 Å². The van der Waals surface area contributed by atoms with E-state index in [0.717, 1.165) is 29.1 Å². The van der Waals surface area contributed by atoms with Crippen molar-refractivity contribution in [3.05, 3.63) is 40.7 Å². The monoisotopic (exact) mass is 316 g/mol. The van der Waals surface area contributed by atoms with Crippen molar-refractivity contribution in [3.63, 3.8) is 0 Å². The summed E-state index contributed by atoms with van der Waals surface area (Å²) in [7, 11) is 1.58. The van der Waals surface area contributed by atoms with Gasteiger partial charge in [0, 0.05) is 24.3 Å². The van der Waals surface area contributed by atoms with E-state index in [9.17, 15) is 4.79 Å². The quantitative estimate of drug-likeness (QED) is 0.890. The maximum Gasteiger partial charge on any atom is 0.319 e. The van der Waals surface area contributed by atoms with Crippen LogP contribution in [0, 0.1) is 20.8 Å². The summed E-state index contributed by atoms with van der Waals surface area (Å²) in [6.07, 6.45) is 0. The molecule has 1 heterocycles. The molecule has 0 radical (unpaired) electrons. The number of benzene rings is 1. The van der Waals surface area contributed by atoms with Gasteiger partial charge in [0.1, 0.15) is 5.75 Å². The Hall–Kier alpha value is -2.50. The number of urea groups is 1. The van der Waals surface area contributed by atoms with E-state index in [0.29, 0.717) is 18.0 Å². The summed E-state index contributed by atoms with van der Waals surface area (Å²) < 4.78 is 7.20. The highest BCUT2D eigenvalue weighted by Crippen LogP contribution is 2.25. The highest BCUT2D eigenvalue weighted by atomic mass is 16.5. The Morgan fingerprint density at radius 1 is 1.30 bits per heavy atom. The fraction of sp³-hybridized carbons (Fsp3) is 0.412. The molecule has 0 aliphatic heterocycles. The Morgan fingerprint density at radius 3 is 2.65 bits per heavy atom. The van der Waals surface area contributed by atoms with Gasteiger partial charge in [-0.3, -0.25) is 4.68 Å². The summed E-state index contributed by atoms with van der Waals surface area (Å²) in [5.74, 6) is 0.636. The van der Waals surface area contributed by atoms with Crippen molar-refractivity contribution >= 4 is 11.7 Å². The number of nitrogens with one attached hydrogen (secondary N) is 2. The maximum absolute atomic E-state index is 12.2. The first-order valence-electron chi connectivity index (χ1n) is 7.68. The Balaban J connectivity index is 2.04. The lowest BCUT2D eigenvalue weighted by molar-refractivity contribution is 0.251. The van der Waals surface area contributed by atoms with Gasteiger partial charge >= 0.3 is 6.03 Å². The van der Waals surface area contributed by atoms with Gasteiger partial charge in [0.2, 0.25) is 0 Å². The Kier molecular flexibility index (Phi) is 5.26. The molecule has 23 heavy (non-hydrogen) atoms. The number of rotatable bonds is 5. The normalized spacial score (nSPS) is 10.5. The summed E-state index contributed by atoms with van der Waals surface area (Å²) in [5.41, 5.74) is 4.79. The molecular formula is C17H24N4O2. The molecule has 6 heteroatoms. The molecule has 0 fully saturated rings. The molecule has 0 bridgehead atoms. The zero-order valence-electron chi connectivity index (χ0n) is 14.4. The summed E-state index contributed by atoms with van der Waals surface area (Å²) in [4.78, 5) is 12.2. The van der Waals surface area contributed by atoms with E-state index in [1.165, 1.54) is 0 Å². The number of amides is 2. The van der Waals surface area contributed by atoms with Crippen molar-refractivity contribution in [2.24, 2.45) is 0 Å². The number of hydrogen-bond acceptors (Lipinski definition) is 3. The third-order valence-electron chi connectivity index (χ3n) is 3.86. The lowest BCUT2D eigenvalue weighted by Crippen LogP contribution is -2.28. The Labute approximate surface area is 136 Å². The van der Waals surface area contributed by atoms with Crippen molar-refractivity contribution in [1.29, 1.82) is 0 Å². The summed E-state index contributed by atoms with van der Waals surface area (Å²) >= 11 is 0. The molecule has 0 aliphatic carbocycles. The predicted octanol–water partition coefficient (Wildman–Crippen LogP) is 3.16. The van der Waals surface area contributed by atoms with E-state index in [4.69, 9.17) is 4.74 Å². The van der Waals surface area contributed by atoms with Gasteiger partial charge in [0.05, 0.1) is 18.5 Å². The van der Waals surface area contributed by atoms with E-state index < -0.39 is 0 Å². The molecule has 0 saturated carbocycles. The molecule has 0 atom stereocenters. The van der Waals surface area contributed by atoms with Crippen molar-refractivity contribution < 1.29 is 9.53 Å². The van der Waals surface area contributed by atoms with Crippen LogP contribution in [0.2, 0.25) is 0 Å². The van der Waals surface area contributed by atoms with E-state index in [1.807, 2.05) is 50.6 Å². The summed E-state index contributed by atoms with van der Waals surface area (Å²) in [6, 6.07) is 5.39. The lowest BCUT2D eigenvalue weighted by Gasteiger charge is -2.12. The molecule has 2 aromatic rings. The highest BCUT2D eigenvalue weighted by molar-refractivity contribution is 5.91. The number of nitrogens with zero attached hydrogens (tertiary/aromatic N) is 2. The van der Waals surface area contributed by atoms with Gasteiger partial charge in [-0.05, 0) is 45.4 Å². The molecular weight excluding hydrogens is 292 g/mol. The SMILES string of the molecule is CCn1nc(C)c(CNC(=O)Nc2cc(C)ccc2OC)c1C. The second-order valence-electron chi connectivity index (χ2n) is 5.48. The molecule has 0 unspecified atom stereocenters. The van der Waals surface area contributed by atoms with Gasteiger partial charge in [-0.15, -0.1) is 0 Å². The third-order valence-corrected chi connectivity index (χ3v) is 3.86. The standard InChI is InChI=1S/C17H24N4O2/c1-6-21-13(4)14(12(3)20-21)10-18-17(22)19-15-9-11(2)7-8-16(15)23-5/h7-9H,6,10H2,1-5H3,(H2,18,19,22). The summed E-state index contributed by atoms with van der Waals surface area (Å²) in [6.45, 7) is 9.25. The zero-order valence-corrected chi connectivity index (χ0v) is 14.4. The Bertz CT molecular complexity index is 707. The first-order valence-corrected chi connectivity index (χ1v) is 7.68. The van der Waals surface area contributed by atoms with Crippen molar-refractivity contribution in [2.45, 2.75) is 40.8 Å². The van der Waals surface area contributed by atoms with Crippen LogP contribution in [0.3, 0.4) is 0 Å². The maximum atomic E-state index is 12.2. The number of methoxy groups -OCH3 is 1. The molecule has 2 rings (SSSR count). The molecule has 0 aliphatic rings. The molecule has 2 N–H and O–H groups in total. The summed E-state index contributed by atoms with van der Waals surface area (Å²) in [5, 5.41) is 10.2. The molecule has 1 aromatic heterocycles. The fourth-order valence-corrected chi connectivity index (χ4v) is 2.55. The molecule has 2 amide bonds. The number of carbonyl (C=O) groups is 1. The van der Waals surface area contributed by atoms with Crippen LogP contribution in [-0.4, -0.2) is 22.9 Å². The number of aromatic nitrogens is 2. The number of aryl methyl sites for hydroxylation is 3. The van der Waals surface area contributed by atoms with E-state index in [1.54, 1.807) is 7.11 Å². The minimum atomic E-state index is -0.267. The van der Waals surface area contributed by atoms with Gasteiger partial charge in [0.15, 0.2) is 0 Å². The minimum Gasteiger partial charge on any atom is -0.495 e. The molecule has 0 saturated heterocycles. The van der Waals surface area contributed by atoms with Gasteiger partial charge in [0.25, 0.3) is 0 Å². The van der Waals surface area contributed by atoms with E-state index in [-0.39, 0.29) is 6.03 Å². The molecule has 6 nitrogen and oxygen atoms in total. The van der Waals surface area contributed by atoms with Crippen molar-refractivity contribution in [1.82, 2.24) is 15.1 Å². The van der Waals surface area contributed by atoms with Crippen LogP contribution in [0.25, 0.3) is 0 Å². The van der Waals surface area contributed by atoms with Crippen LogP contribution in [-0.2, 0) is 13.1 Å². The highest BCUT2D eigenvalue weighted by Gasteiger charge is 2.12. The molecule has 1 aromatic carbocycles. The second kappa shape index (κ2) is 7.17. The first-order chi connectivity index (χ1) is 11.0. The van der Waals surface area contributed by atoms with Crippen LogP contribution in [0.4, 0.5) is 10.5 Å². The molecule has 124 valence electrons. The van der Waals surface area contributed by atoms with Crippen molar-refractivity contribution in [2.75, 3.05) is 12.4 Å². The van der Waals surface area contributed by atoms with E-state index >= 15 is 0 Å². The second-order valence-corrected chi connectivity index (χ2v) is 5.48. The first kappa shape index (κ1) is 16.9. The van der Waals surface area contributed by atoms with Gasteiger partial charge < -0.3 is 15.4 Å². The van der Waals surface area contributed by atoms with Gasteiger partial charge in [-0.1, -0.05) is 6.07 Å². The largest absolute Gasteiger partial charge is 0.495 e. The smallest absolute Gasteiger partial charge is 0.319 e. The lowest BCUT2D eigenvalue weighted by atomic mass is 10.2. The topological polar surface area (TPSA) is 68.2 Å². The zero-order chi connectivity index (χ0) is 17.0. The van der Waals surface area contributed by atoms with Gasteiger partial charge in [-0.2, -0.15) is 5.10 Å². The van der Waals surface area contributed by atoms with Crippen LogP contribution in [0.1, 0.15) is 29.4 Å². The van der Waals surface area contributed by atoms with Crippen LogP contribution in [0.5, 0.6) is 5.75 Å². The average molecular weight is 316 g/mol. The number of carbonyl (C=O) groups excluding carboxylic acids is 1. The average Bonchev–Trinajstić information content (AvgIpc) is 2.79.